The molecule has 1 N–H and O–H groups in total. The van der Waals surface area contributed by atoms with Crippen LogP contribution in [0.3, 0.4) is 0 Å². The molecule has 0 bridgehead atoms. The SMILES string of the molecule is Cc1nc(C)c(CC(=O)Nc2cccc(F)c2)s1. The van der Waals surface area contributed by atoms with Crippen molar-refractivity contribution in [3.8, 4) is 0 Å². The molecular weight excluding hydrogens is 251 g/mol. The van der Waals surface area contributed by atoms with Gasteiger partial charge in [0.25, 0.3) is 0 Å². The van der Waals surface area contributed by atoms with Crippen LogP contribution in [0, 0.1) is 19.7 Å². The number of rotatable bonds is 3. The first-order valence-electron chi connectivity index (χ1n) is 5.53. The molecule has 5 heteroatoms. The lowest BCUT2D eigenvalue weighted by molar-refractivity contribution is -0.115. The largest absolute Gasteiger partial charge is 0.326 e. The Bertz CT molecular complexity index is 580. The van der Waals surface area contributed by atoms with Gasteiger partial charge < -0.3 is 5.32 Å². The molecule has 0 aliphatic heterocycles. The van der Waals surface area contributed by atoms with Crippen LogP contribution in [-0.4, -0.2) is 10.9 Å². The van der Waals surface area contributed by atoms with Gasteiger partial charge in [0.2, 0.25) is 5.91 Å². The molecule has 3 nitrogen and oxygen atoms in total. The summed E-state index contributed by atoms with van der Waals surface area (Å²) in [7, 11) is 0. The minimum Gasteiger partial charge on any atom is -0.326 e. The quantitative estimate of drug-likeness (QED) is 0.925. The van der Waals surface area contributed by atoms with Crippen LogP contribution in [0.2, 0.25) is 0 Å². The molecule has 0 aliphatic rings. The predicted octanol–water partition coefficient (Wildman–Crippen LogP) is 3.08. The standard InChI is InChI=1S/C13H13FN2OS/c1-8-12(18-9(2)15-8)7-13(17)16-11-5-3-4-10(14)6-11/h3-6H,7H2,1-2H3,(H,16,17). The van der Waals surface area contributed by atoms with Crippen LogP contribution < -0.4 is 5.32 Å². The molecule has 0 radical (unpaired) electrons. The van der Waals surface area contributed by atoms with Gasteiger partial charge in [-0.15, -0.1) is 11.3 Å². The zero-order valence-corrected chi connectivity index (χ0v) is 11.0. The van der Waals surface area contributed by atoms with Crippen molar-refractivity contribution in [3.05, 3.63) is 45.7 Å². The van der Waals surface area contributed by atoms with Gasteiger partial charge in [-0.2, -0.15) is 0 Å². The van der Waals surface area contributed by atoms with Crippen molar-refractivity contribution in [2.24, 2.45) is 0 Å². The first-order valence-corrected chi connectivity index (χ1v) is 6.34. The van der Waals surface area contributed by atoms with Crippen LogP contribution in [0.4, 0.5) is 10.1 Å². The number of nitrogens with one attached hydrogen (secondary N) is 1. The number of amides is 1. The van der Waals surface area contributed by atoms with E-state index in [1.165, 1.54) is 23.5 Å². The molecular formula is C13H13FN2OS. The van der Waals surface area contributed by atoms with Crippen LogP contribution in [0.5, 0.6) is 0 Å². The molecule has 0 spiro atoms. The number of nitrogens with zero attached hydrogens (tertiary/aromatic N) is 1. The van der Waals surface area contributed by atoms with Gasteiger partial charge in [-0.25, -0.2) is 9.37 Å². The normalized spacial score (nSPS) is 10.4. The van der Waals surface area contributed by atoms with Gasteiger partial charge in [-0.1, -0.05) is 6.07 Å². The molecule has 2 aromatic rings. The first kappa shape index (κ1) is 12.7. The van der Waals surface area contributed by atoms with Crippen molar-refractivity contribution in [1.29, 1.82) is 0 Å². The van der Waals surface area contributed by atoms with Crippen molar-refractivity contribution in [3.63, 3.8) is 0 Å². The summed E-state index contributed by atoms with van der Waals surface area (Å²) in [5, 5.41) is 3.61. The maximum Gasteiger partial charge on any atom is 0.229 e. The van der Waals surface area contributed by atoms with Crippen LogP contribution in [0.15, 0.2) is 24.3 Å². The molecule has 0 aliphatic carbocycles. The van der Waals surface area contributed by atoms with E-state index in [4.69, 9.17) is 0 Å². The van der Waals surface area contributed by atoms with Crippen LogP contribution in [-0.2, 0) is 11.2 Å². The highest BCUT2D eigenvalue weighted by Crippen LogP contribution is 2.18. The summed E-state index contributed by atoms with van der Waals surface area (Å²) in [5.41, 5.74) is 1.35. The van der Waals surface area contributed by atoms with Gasteiger partial charge in [0.1, 0.15) is 5.82 Å². The molecule has 0 saturated carbocycles. The van der Waals surface area contributed by atoms with Gasteiger partial charge >= 0.3 is 0 Å². The lowest BCUT2D eigenvalue weighted by Gasteiger charge is -2.04. The Morgan fingerprint density at radius 2 is 2.22 bits per heavy atom. The molecule has 0 fully saturated rings. The first-order chi connectivity index (χ1) is 8.54. The Labute approximate surface area is 109 Å². The second-order valence-corrected chi connectivity index (χ2v) is 5.26. The van der Waals surface area contributed by atoms with Crippen LogP contribution in [0.1, 0.15) is 15.6 Å². The number of carbonyl (C=O) groups is 1. The van der Waals surface area contributed by atoms with E-state index in [0.29, 0.717) is 5.69 Å². The number of anilines is 1. The van der Waals surface area contributed by atoms with Crippen molar-refractivity contribution in [1.82, 2.24) is 4.98 Å². The average molecular weight is 264 g/mol. The van der Waals surface area contributed by atoms with Crippen molar-refractivity contribution < 1.29 is 9.18 Å². The van der Waals surface area contributed by atoms with Gasteiger partial charge in [0, 0.05) is 10.6 Å². The summed E-state index contributed by atoms with van der Waals surface area (Å²) < 4.78 is 13.0. The molecule has 1 heterocycles. The minimum atomic E-state index is -0.363. The van der Waals surface area contributed by atoms with E-state index in [1.54, 1.807) is 12.1 Å². The number of aromatic nitrogens is 1. The van der Waals surface area contributed by atoms with E-state index in [2.05, 4.69) is 10.3 Å². The van der Waals surface area contributed by atoms with Crippen LogP contribution >= 0.6 is 11.3 Å². The van der Waals surface area contributed by atoms with Gasteiger partial charge in [-0.05, 0) is 32.0 Å². The number of halogens is 1. The molecule has 2 rings (SSSR count). The van der Waals surface area contributed by atoms with E-state index in [9.17, 15) is 9.18 Å². The number of carbonyl (C=O) groups excluding carboxylic acids is 1. The molecule has 0 atom stereocenters. The van der Waals surface area contributed by atoms with Gasteiger partial charge in [0.15, 0.2) is 0 Å². The smallest absolute Gasteiger partial charge is 0.229 e. The third-order valence-electron chi connectivity index (χ3n) is 2.43. The third-order valence-corrected chi connectivity index (χ3v) is 3.50. The fourth-order valence-corrected chi connectivity index (χ4v) is 2.59. The molecule has 1 aromatic heterocycles. The molecule has 1 aromatic carbocycles. The molecule has 0 saturated heterocycles. The third kappa shape index (κ3) is 3.13. The van der Waals surface area contributed by atoms with Crippen molar-refractivity contribution in [2.75, 3.05) is 5.32 Å². The van der Waals surface area contributed by atoms with E-state index >= 15 is 0 Å². The highest BCUT2D eigenvalue weighted by Gasteiger charge is 2.10. The molecule has 0 unspecified atom stereocenters. The van der Waals surface area contributed by atoms with Crippen molar-refractivity contribution in [2.45, 2.75) is 20.3 Å². The number of benzene rings is 1. The molecule has 18 heavy (non-hydrogen) atoms. The highest BCUT2D eigenvalue weighted by molar-refractivity contribution is 7.11. The summed E-state index contributed by atoms with van der Waals surface area (Å²) in [6.45, 7) is 3.79. The van der Waals surface area contributed by atoms with Gasteiger partial charge in [-0.3, -0.25) is 4.79 Å². The monoisotopic (exact) mass is 264 g/mol. The van der Waals surface area contributed by atoms with Gasteiger partial charge in [0.05, 0.1) is 17.1 Å². The zero-order valence-electron chi connectivity index (χ0n) is 10.2. The van der Waals surface area contributed by atoms with E-state index in [0.717, 1.165) is 15.6 Å². The summed E-state index contributed by atoms with van der Waals surface area (Å²) in [4.78, 5) is 17.0. The fourth-order valence-electron chi connectivity index (χ4n) is 1.65. The Hall–Kier alpha value is -1.75. The lowest BCUT2D eigenvalue weighted by atomic mass is 10.2. The minimum absolute atomic E-state index is 0.160. The Balaban J connectivity index is 2.03. The van der Waals surface area contributed by atoms with Crippen LogP contribution in [0.25, 0.3) is 0 Å². The maximum atomic E-state index is 13.0. The highest BCUT2D eigenvalue weighted by atomic mass is 32.1. The lowest BCUT2D eigenvalue weighted by Crippen LogP contribution is -2.14. The Morgan fingerprint density at radius 3 is 2.83 bits per heavy atom. The molecule has 94 valence electrons. The maximum absolute atomic E-state index is 13.0. The second kappa shape index (κ2) is 5.27. The topological polar surface area (TPSA) is 42.0 Å². The second-order valence-electron chi connectivity index (χ2n) is 3.98. The number of hydrogen-bond acceptors (Lipinski definition) is 3. The Kier molecular flexibility index (Phi) is 3.72. The van der Waals surface area contributed by atoms with Crippen molar-refractivity contribution >= 4 is 22.9 Å². The summed E-state index contributed by atoms with van der Waals surface area (Å²) >= 11 is 1.51. The van der Waals surface area contributed by atoms with E-state index in [-0.39, 0.29) is 18.1 Å². The average Bonchev–Trinajstić information content (AvgIpc) is 2.57. The number of hydrogen-bond donors (Lipinski definition) is 1. The van der Waals surface area contributed by atoms with E-state index < -0.39 is 0 Å². The zero-order chi connectivity index (χ0) is 13.1. The predicted molar refractivity (Wildman–Crippen MR) is 70.3 cm³/mol. The summed E-state index contributed by atoms with van der Waals surface area (Å²) in [6.07, 6.45) is 0.272. The number of thiazole rings is 1. The van der Waals surface area contributed by atoms with E-state index in [1.807, 2.05) is 13.8 Å². The summed E-state index contributed by atoms with van der Waals surface area (Å²) in [5.74, 6) is -0.523. The fraction of sp³-hybridized carbons (Fsp3) is 0.231. The summed E-state index contributed by atoms with van der Waals surface area (Å²) in [6, 6.07) is 5.85. The number of aryl methyl sites for hydroxylation is 2. The molecule has 1 amide bonds. The Morgan fingerprint density at radius 1 is 1.44 bits per heavy atom.